The Morgan fingerprint density at radius 1 is 0.529 bits per heavy atom. The molecule has 0 bridgehead atoms. The molecule has 8 atom stereocenters. The Kier molecular flexibility index (Phi) is 32.7. The van der Waals surface area contributed by atoms with E-state index in [2.05, 4.69) is 18.0 Å². The quantitative estimate of drug-likeness (QED) is 0.0285. The van der Waals surface area contributed by atoms with Crippen molar-refractivity contribution in [2.24, 2.45) is 5.92 Å². The highest BCUT2D eigenvalue weighted by molar-refractivity contribution is 7.81. The summed E-state index contributed by atoms with van der Waals surface area (Å²) in [5.74, 6) is -7.07. The lowest BCUT2D eigenvalue weighted by Gasteiger charge is -2.58. The van der Waals surface area contributed by atoms with Gasteiger partial charge in [-0.05, 0) is 40.5 Å². The van der Waals surface area contributed by atoms with Crippen LogP contribution in [-0.2, 0) is 62.0 Å². The molecule has 0 aromatic heterocycles. The van der Waals surface area contributed by atoms with E-state index in [1.165, 1.54) is 96.3 Å². The van der Waals surface area contributed by atoms with Gasteiger partial charge in [0.05, 0.1) is 25.9 Å². The Hall–Kier alpha value is -1.82. The lowest BCUT2D eigenvalue weighted by molar-refractivity contribution is -0.381. The Balaban J connectivity index is 3.28. The molecule has 3 unspecified atom stereocenters. The number of unbranched alkanes of at least 4 members (excludes halogenated alkanes) is 26. The zero-order valence-corrected chi connectivity index (χ0v) is 45.0. The first-order valence-corrected chi connectivity index (χ1v) is 29.0. The van der Waals surface area contributed by atoms with Gasteiger partial charge in [0, 0.05) is 5.92 Å². The van der Waals surface area contributed by atoms with Crippen LogP contribution in [-0.4, -0.2) is 126 Å². The molecule has 1 fully saturated rings. The molecule has 0 amide bonds. The molecule has 1 aliphatic heterocycles. The molecule has 1 aliphatic rings. The number of hydrogen-bond donors (Lipinski definition) is 5. The van der Waals surface area contributed by atoms with E-state index in [0.29, 0.717) is 46.5 Å². The van der Waals surface area contributed by atoms with E-state index in [0.717, 1.165) is 64.7 Å². The molecule has 412 valence electrons. The summed E-state index contributed by atoms with van der Waals surface area (Å²) in [7, 11) is -9.98. The molecule has 0 aromatic rings. The number of Topliss-reactive ketones (excluding diaryl/α,β-unsaturated/α-hetero) is 4. The van der Waals surface area contributed by atoms with Gasteiger partial charge in [-0.25, -0.2) is 12.5 Å². The SMILES string of the molecule is CCCCCCCCCCCCCCCCOS(=O)(=O)OCC(CCCCCCCCCCCCCCCC)C(COS(=O)(=O)O)O[C@@H]1O[C@H](C(O)C(C)=O)[C@](O)(C(C)=O)[C@@](O)(C(C)=O)[C@]1(O)C(C)=O. The Labute approximate surface area is 420 Å². The molecule has 70 heavy (non-hydrogen) atoms. The maximum Gasteiger partial charge on any atom is 0.399 e. The zero-order valence-electron chi connectivity index (χ0n) is 43.4. The van der Waals surface area contributed by atoms with Gasteiger partial charge in [-0.3, -0.25) is 23.7 Å². The van der Waals surface area contributed by atoms with Crippen LogP contribution in [0.4, 0.5) is 0 Å². The molecular weight excluding hydrogens is 953 g/mol. The topological polar surface area (TPSA) is 284 Å². The standard InChI is InChI=1S/C50H92O18S2/c1-7-9-11-13-15-17-19-21-23-25-27-29-31-33-35-43(37-66-70(62,63)64-36-34-32-30-28-26-24-22-20-18-16-14-12-10-8-2)44(38-65-69(59,60)61)67-47-49(57,41(5)53)50(58,42(6)54)48(56,40(4)52)46(68-47)45(55)39(3)51/h43-47,55-58H,7-38H2,1-6H3,(H,59,60,61)/t43?,44?,45?,46-,47-,48-,49+,50+/m1/s1. The average molecular weight is 1050 g/mol. The average Bonchev–Trinajstić information content (AvgIpc) is 3.29. The van der Waals surface area contributed by atoms with Gasteiger partial charge in [0.15, 0.2) is 35.0 Å². The Bertz CT molecular complexity index is 1730. The molecule has 0 aromatic carbocycles. The van der Waals surface area contributed by atoms with E-state index in [4.69, 9.17) is 17.8 Å². The molecule has 20 heteroatoms. The number of ether oxygens (including phenoxy) is 2. The minimum atomic E-state index is -5.27. The van der Waals surface area contributed by atoms with Crippen molar-refractivity contribution >= 4 is 43.9 Å². The van der Waals surface area contributed by atoms with Crippen molar-refractivity contribution < 1.29 is 83.0 Å². The number of ketones is 4. The summed E-state index contributed by atoms with van der Waals surface area (Å²) in [5.41, 5.74) is -11.3. The second kappa shape index (κ2) is 34.6. The molecule has 0 spiro atoms. The van der Waals surface area contributed by atoms with Gasteiger partial charge in [-0.15, -0.1) is 0 Å². The summed E-state index contributed by atoms with van der Waals surface area (Å²) < 4.78 is 86.4. The first-order chi connectivity index (χ1) is 33.0. The van der Waals surface area contributed by atoms with Crippen LogP contribution in [0.25, 0.3) is 0 Å². The van der Waals surface area contributed by atoms with Crippen molar-refractivity contribution in [1.82, 2.24) is 0 Å². The van der Waals surface area contributed by atoms with Gasteiger partial charge in [-0.2, -0.15) is 16.8 Å². The van der Waals surface area contributed by atoms with E-state index < -0.39 is 104 Å². The highest BCUT2D eigenvalue weighted by Gasteiger charge is 2.79. The molecular formula is C50H92O18S2. The fourth-order valence-corrected chi connectivity index (χ4v) is 10.3. The summed E-state index contributed by atoms with van der Waals surface area (Å²) in [5, 5.41) is 46.9. The highest BCUT2D eigenvalue weighted by atomic mass is 32.3. The minimum absolute atomic E-state index is 0.00884. The van der Waals surface area contributed by atoms with Crippen LogP contribution >= 0.6 is 0 Å². The van der Waals surface area contributed by atoms with Crippen LogP contribution in [0.2, 0.25) is 0 Å². The third-order valence-corrected chi connectivity index (χ3v) is 15.0. The molecule has 5 N–H and O–H groups in total. The van der Waals surface area contributed by atoms with E-state index in [-0.39, 0.29) is 13.0 Å². The lowest BCUT2D eigenvalue weighted by atomic mass is 9.60. The number of aliphatic hydroxyl groups is 4. The van der Waals surface area contributed by atoms with Gasteiger partial charge in [-0.1, -0.05) is 187 Å². The largest absolute Gasteiger partial charge is 0.399 e. The van der Waals surface area contributed by atoms with Crippen LogP contribution in [0.3, 0.4) is 0 Å². The second-order valence-corrected chi connectivity index (χ2v) is 21.9. The van der Waals surface area contributed by atoms with E-state index >= 15 is 0 Å². The maximum absolute atomic E-state index is 13.4. The van der Waals surface area contributed by atoms with E-state index in [1.54, 1.807) is 0 Å². The van der Waals surface area contributed by atoms with Crippen molar-refractivity contribution in [1.29, 1.82) is 0 Å². The normalized spacial score (nSPS) is 23.2. The molecule has 1 heterocycles. The maximum atomic E-state index is 13.4. The molecule has 1 saturated heterocycles. The third-order valence-electron chi connectivity index (χ3n) is 13.7. The van der Waals surface area contributed by atoms with Crippen molar-refractivity contribution in [2.45, 2.75) is 269 Å². The van der Waals surface area contributed by atoms with Crippen LogP contribution in [0.15, 0.2) is 0 Å². The lowest BCUT2D eigenvalue weighted by Crippen LogP contribution is -2.87. The summed E-state index contributed by atoms with van der Waals surface area (Å²) in [6, 6.07) is 0. The van der Waals surface area contributed by atoms with Crippen LogP contribution in [0, 0.1) is 5.92 Å². The monoisotopic (exact) mass is 1040 g/mol. The van der Waals surface area contributed by atoms with Gasteiger partial charge in [0.25, 0.3) is 0 Å². The molecule has 0 saturated carbocycles. The van der Waals surface area contributed by atoms with Crippen LogP contribution in [0.1, 0.15) is 228 Å². The predicted molar refractivity (Wildman–Crippen MR) is 264 cm³/mol. The van der Waals surface area contributed by atoms with Crippen LogP contribution < -0.4 is 0 Å². The second-order valence-electron chi connectivity index (χ2n) is 19.5. The fourth-order valence-electron chi connectivity index (χ4n) is 9.29. The smallest absolute Gasteiger partial charge is 0.382 e. The molecule has 0 aliphatic carbocycles. The number of carbonyl (C=O) groups is 4. The molecule has 18 nitrogen and oxygen atoms in total. The van der Waals surface area contributed by atoms with Crippen molar-refractivity contribution in [3.8, 4) is 0 Å². The minimum Gasteiger partial charge on any atom is -0.382 e. The summed E-state index contributed by atoms with van der Waals surface area (Å²) in [6.07, 6.45) is 20.1. The summed E-state index contributed by atoms with van der Waals surface area (Å²) >= 11 is 0. The van der Waals surface area contributed by atoms with E-state index in [9.17, 15) is 61.0 Å². The third kappa shape index (κ3) is 22.3. The molecule has 0 radical (unpaired) electrons. The molecule has 1 rings (SSSR count). The van der Waals surface area contributed by atoms with Gasteiger partial charge in [0.2, 0.25) is 11.2 Å². The Morgan fingerprint density at radius 2 is 0.914 bits per heavy atom. The van der Waals surface area contributed by atoms with Crippen LogP contribution in [0.5, 0.6) is 0 Å². The summed E-state index contributed by atoms with van der Waals surface area (Å²) in [6.45, 7) is 4.96. The zero-order chi connectivity index (χ0) is 52.9. The fraction of sp³-hybridized carbons (Fsp3) is 0.920. The van der Waals surface area contributed by atoms with Crippen molar-refractivity contribution in [3.63, 3.8) is 0 Å². The number of aliphatic hydroxyl groups excluding tert-OH is 1. The first kappa shape index (κ1) is 66.2. The van der Waals surface area contributed by atoms with Gasteiger partial charge >= 0.3 is 20.8 Å². The van der Waals surface area contributed by atoms with Gasteiger partial charge in [0.1, 0.15) is 12.2 Å². The number of hydrogen-bond acceptors (Lipinski definition) is 17. The van der Waals surface area contributed by atoms with Crippen molar-refractivity contribution in [2.75, 3.05) is 19.8 Å². The Morgan fingerprint density at radius 3 is 1.27 bits per heavy atom. The number of carbonyl (C=O) groups excluding carboxylic acids is 4. The number of rotatable bonds is 45. The highest BCUT2D eigenvalue weighted by Crippen LogP contribution is 2.48. The van der Waals surface area contributed by atoms with Crippen molar-refractivity contribution in [3.05, 3.63) is 0 Å². The predicted octanol–water partition coefficient (Wildman–Crippen LogP) is 8.07. The van der Waals surface area contributed by atoms with E-state index in [1.807, 2.05) is 0 Å². The van der Waals surface area contributed by atoms with Gasteiger partial charge < -0.3 is 29.9 Å². The first-order valence-electron chi connectivity index (χ1n) is 26.3. The summed E-state index contributed by atoms with van der Waals surface area (Å²) in [4.78, 5) is 52.4.